The third kappa shape index (κ3) is 3.76. The molecule has 2 aromatic rings. The van der Waals surface area contributed by atoms with Crippen LogP contribution in [-0.2, 0) is 11.3 Å². The van der Waals surface area contributed by atoms with E-state index in [1.165, 1.54) is 7.11 Å². The number of carbonyl (C=O) groups excluding carboxylic acids is 2. The summed E-state index contributed by atoms with van der Waals surface area (Å²) in [5.41, 5.74) is 10.3. The molecule has 1 aromatic carbocycles. The highest BCUT2D eigenvalue weighted by Crippen LogP contribution is 2.33. The molecule has 0 aliphatic heterocycles. The molecule has 25 heavy (non-hydrogen) atoms. The molecule has 2 rings (SSSR count). The van der Waals surface area contributed by atoms with Crippen molar-refractivity contribution < 1.29 is 14.3 Å². The first kappa shape index (κ1) is 18.8. The summed E-state index contributed by atoms with van der Waals surface area (Å²) >= 11 is 0. The fourth-order valence-corrected chi connectivity index (χ4v) is 3.15. The molecule has 1 aromatic heterocycles. The molecule has 0 radical (unpaired) electrons. The van der Waals surface area contributed by atoms with Gasteiger partial charge in [-0.2, -0.15) is 0 Å². The minimum absolute atomic E-state index is 0.385. The molecular weight excluding hydrogens is 316 g/mol. The maximum atomic E-state index is 12.1. The van der Waals surface area contributed by atoms with Crippen molar-refractivity contribution in [1.82, 2.24) is 4.57 Å². The predicted molar refractivity (Wildman–Crippen MR) is 98.7 cm³/mol. The lowest BCUT2D eigenvalue weighted by Gasteiger charge is -2.11. The Hall–Kier alpha value is -2.56. The Bertz CT molecular complexity index is 786. The Kier molecular flexibility index (Phi) is 5.67. The fourth-order valence-electron chi connectivity index (χ4n) is 3.15. The fraction of sp³-hybridized carbons (Fsp3) is 0.400. The minimum Gasteiger partial charge on any atom is -0.465 e. The Labute approximate surface area is 148 Å². The number of aromatic nitrogens is 1. The first-order valence-corrected chi connectivity index (χ1v) is 8.46. The van der Waals surface area contributed by atoms with Crippen molar-refractivity contribution in [2.24, 2.45) is 11.7 Å². The third-order valence-electron chi connectivity index (χ3n) is 4.55. The largest absolute Gasteiger partial charge is 0.465 e. The molecule has 0 aliphatic carbocycles. The lowest BCUT2D eigenvalue weighted by Crippen LogP contribution is -2.13. The lowest BCUT2D eigenvalue weighted by atomic mass is 9.99. The summed E-state index contributed by atoms with van der Waals surface area (Å²) in [6.07, 6.45) is 1.02. The second-order valence-electron chi connectivity index (χ2n) is 6.69. The number of hydrogen-bond donors (Lipinski definition) is 1. The molecule has 0 aliphatic rings. The monoisotopic (exact) mass is 342 g/mol. The van der Waals surface area contributed by atoms with Crippen LogP contribution in [0, 0.1) is 19.8 Å². The summed E-state index contributed by atoms with van der Waals surface area (Å²) in [4.78, 5) is 23.7. The van der Waals surface area contributed by atoms with E-state index in [0.29, 0.717) is 17.0 Å². The molecule has 1 amide bonds. The SMILES string of the molecule is COC(=O)c1ccc(-c2c(C(N)=O)c(C)n(CCC(C)C)c2C)cc1. The molecule has 5 heteroatoms. The molecule has 0 unspecified atom stereocenters. The lowest BCUT2D eigenvalue weighted by molar-refractivity contribution is 0.0600. The van der Waals surface area contributed by atoms with Crippen LogP contribution in [0.15, 0.2) is 24.3 Å². The summed E-state index contributed by atoms with van der Waals surface area (Å²) < 4.78 is 6.88. The van der Waals surface area contributed by atoms with Gasteiger partial charge < -0.3 is 15.0 Å². The molecule has 0 saturated carbocycles. The number of nitrogens with two attached hydrogens (primary N) is 1. The van der Waals surface area contributed by atoms with E-state index in [0.717, 1.165) is 35.5 Å². The second kappa shape index (κ2) is 7.55. The zero-order chi connectivity index (χ0) is 18.7. The van der Waals surface area contributed by atoms with Crippen LogP contribution in [0.25, 0.3) is 11.1 Å². The van der Waals surface area contributed by atoms with Crippen LogP contribution in [0.4, 0.5) is 0 Å². The first-order valence-electron chi connectivity index (χ1n) is 8.46. The number of nitrogens with zero attached hydrogens (tertiary/aromatic N) is 1. The highest BCUT2D eigenvalue weighted by atomic mass is 16.5. The highest BCUT2D eigenvalue weighted by Gasteiger charge is 2.22. The molecule has 0 atom stereocenters. The topological polar surface area (TPSA) is 74.3 Å². The normalized spacial score (nSPS) is 11.0. The summed E-state index contributed by atoms with van der Waals surface area (Å²) in [5.74, 6) is -0.249. The van der Waals surface area contributed by atoms with Gasteiger partial charge in [0.1, 0.15) is 0 Å². The number of rotatable bonds is 6. The van der Waals surface area contributed by atoms with Crippen LogP contribution < -0.4 is 5.73 Å². The summed E-state index contributed by atoms with van der Waals surface area (Å²) in [7, 11) is 1.35. The van der Waals surface area contributed by atoms with Crippen molar-refractivity contribution in [3.8, 4) is 11.1 Å². The van der Waals surface area contributed by atoms with E-state index in [9.17, 15) is 9.59 Å². The van der Waals surface area contributed by atoms with Gasteiger partial charge in [0.25, 0.3) is 5.91 Å². The summed E-state index contributed by atoms with van der Waals surface area (Å²) in [6.45, 7) is 9.13. The van der Waals surface area contributed by atoms with E-state index < -0.39 is 5.91 Å². The Morgan fingerprint density at radius 1 is 1.12 bits per heavy atom. The van der Waals surface area contributed by atoms with Gasteiger partial charge in [-0.3, -0.25) is 4.79 Å². The number of carbonyl (C=O) groups is 2. The standard InChI is InChI=1S/C20H26N2O3/c1-12(2)10-11-22-13(3)17(18(14(22)4)19(21)23)15-6-8-16(9-7-15)20(24)25-5/h6-9,12H,10-11H2,1-5H3,(H2,21,23). The van der Waals surface area contributed by atoms with Crippen molar-refractivity contribution in [2.45, 2.75) is 40.7 Å². The van der Waals surface area contributed by atoms with E-state index in [1.807, 2.05) is 26.0 Å². The molecule has 2 N–H and O–H groups in total. The van der Waals surface area contributed by atoms with Gasteiger partial charge in [-0.15, -0.1) is 0 Å². The van der Waals surface area contributed by atoms with E-state index in [4.69, 9.17) is 10.5 Å². The van der Waals surface area contributed by atoms with Crippen LogP contribution in [0.3, 0.4) is 0 Å². The zero-order valence-electron chi connectivity index (χ0n) is 15.6. The van der Waals surface area contributed by atoms with Crippen molar-refractivity contribution in [2.75, 3.05) is 7.11 Å². The van der Waals surface area contributed by atoms with Crippen LogP contribution >= 0.6 is 0 Å². The van der Waals surface area contributed by atoms with Crippen LogP contribution in [0.5, 0.6) is 0 Å². The van der Waals surface area contributed by atoms with Gasteiger partial charge >= 0.3 is 5.97 Å². The van der Waals surface area contributed by atoms with E-state index in [-0.39, 0.29) is 5.97 Å². The minimum atomic E-state index is -0.434. The van der Waals surface area contributed by atoms with E-state index in [2.05, 4.69) is 18.4 Å². The van der Waals surface area contributed by atoms with E-state index in [1.54, 1.807) is 12.1 Å². The molecule has 0 saturated heterocycles. The Balaban J connectivity index is 2.54. The van der Waals surface area contributed by atoms with Gasteiger partial charge in [0, 0.05) is 23.5 Å². The van der Waals surface area contributed by atoms with Gasteiger partial charge in [-0.25, -0.2) is 4.79 Å². The molecule has 1 heterocycles. The number of methoxy groups -OCH3 is 1. The van der Waals surface area contributed by atoms with Crippen molar-refractivity contribution in [1.29, 1.82) is 0 Å². The third-order valence-corrected chi connectivity index (χ3v) is 4.55. The Morgan fingerprint density at radius 3 is 2.20 bits per heavy atom. The van der Waals surface area contributed by atoms with Gasteiger partial charge in [-0.05, 0) is 43.9 Å². The number of benzene rings is 1. The molecule has 0 fully saturated rings. The van der Waals surface area contributed by atoms with Gasteiger partial charge in [-0.1, -0.05) is 26.0 Å². The highest BCUT2D eigenvalue weighted by molar-refractivity contribution is 6.02. The summed E-state index contributed by atoms with van der Waals surface area (Å²) in [6, 6.07) is 7.05. The smallest absolute Gasteiger partial charge is 0.337 e. The van der Waals surface area contributed by atoms with Crippen LogP contribution in [0.1, 0.15) is 52.4 Å². The molecule has 5 nitrogen and oxygen atoms in total. The molecular formula is C20H26N2O3. The van der Waals surface area contributed by atoms with E-state index >= 15 is 0 Å². The number of esters is 1. The Morgan fingerprint density at radius 2 is 1.72 bits per heavy atom. The molecule has 134 valence electrons. The van der Waals surface area contributed by atoms with Crippen molar-refractivity contribution >= 4 is 11.9 Å². The summed E-state index contributed by atoms with van der Waals surface area (Å²) in [5, 5.41) is 0. The number of amides is 1. The van der Waals surface area contributed by atoms with Crippen molar-refractivity contribution in [3.63, 3.8) is 0 Å². The average molecular weight is 342 g/mol. The average Bonchev–Trinajstić information content (AvgIpc) is 2.83. The number of ether oxygens (including phenoxy) is 1. The number of hydrogen-bond acceptors (Lipinski definition) is 3. The number of primary amides is 1. The van der Waals surface area contributed by atoms with Gasteiger partial charge in [0.2, 0.25) is 0 Å². The maximum Gasteiger partial charge on any atom is 0.337 e. The van der Waals surface area contributed by atoms with Crippen molar-refractivity contribution in [3.05, 3.63) is 46.8 Å². The molecule has 0 spiro atoms. The zero-order valence-corrected chi connectivity index (χ0v) is 15.6. The van der Waals surface area contributed by atoms with Gasteiger partial charge in [0.05, 0.1) is 18.2 Å². The predicted octanol–water partition coefficient (Wildman–Crippen LogP) is 3.70. The van der Waals surface area contributed by atoms with Crippen LogP contribution in [0.2, 0.25) is 0 Å². The quantitative estimate of drug-likeness (QED) is 0.813. The van der Waals surface area contributed by atoms with Gasteiger partial charge in [0.15, 0.2) is 0 Å². The van der Waals surface area contributed by atoms with Crippen LogP contribution in [-0.4, -0.2) is 23.6 Å². The second-order valence-corrected chi connectivity index (χ2v) is 6.69. The molecule has 0 bridgehead atoms. The maximum absolute atomic E-state index is 12.1. The first-order chi connectivity index (χ1) is 11.8.